The molecule has 0 aliphatic carbocycles. The van der Waals surface area contributed by atoms with Crippen molar-refractivity contribution in [2.24, 2.45) is 0 Å². The van der Waals surface area contributed by atoms with E-state index in [1.165, 1.54) is 12.5 Å². The zero-order valence-electron chi connectivity index (χ0n) is 10.0. The van der Waals surface area contributed by atoms with Gasteiger partial charge in [-0.2, -0.15) is 0 Å². The van der Waals surface area contributed by atoms with E-state index in [0.29, 0.717) is 6.54 Å². The Morgan fingerprint density at radius 1 is 1.50 bits per heavy atom. The van der Waals surface area contributed by atoms with E-state index in [0.717, 1.165) is 32.8 Å². The Labute approximate surface area is 104 Å². The molecular formula is C11H16N4O3. The second-order valence-corrected chi connectivity index (χ2v) is 4.00. The number of hydrogen-bond acceptors (Lipinski definition) is 5. The van der Waals surface area contributed by atoms with E-state index in [-0.39, 0.29) is 5.56 Å². The molecule has 0 radical (unpaired) electrons. The molecule has 0 bridgehead atoms. The standard InChI is InChI=1S/C11H16N4O3/c16-10(9-7-12-8-14-11(9)17)13-1-2-15-3-5-18-6-4-15/h7-8H,1-6H2,(H,13,16)(H,12,14,17). The molecule has 1 aliphatic heterocycles. The lowest BCUT2D eigenvalue weighted by molar-refractivity contribution is 0.0383. The van der Waals surface area contributed by atoms with Crippen molar-refractivity contribution >= 4 is 5.91 Å². The first-order chi connectivity index (χ1) is 8.77. The van der Waals surface area contributed by atoms with E-state index in [4.69, 9.17) is 4.74 Å². The minimum atomic E-state index is -0.422. The average Bonchev–Trinajstić information content (AvgIpc) is 2.40. The molecule has 2 heterocycles. The van der Waals surface area contributed by atoms with Crippen molar-refractivity contribution in [3.05, 3.63) is 28.4 Å². The molecule has 18 heavy (non-hydrogen) atoms. The summed E-state index contributed by atoms with van der Waals surface area (Å²) in [6.07, 6.45) is 2.52. The fourth-order valence-corrected chi connectivity index (χ4v) is 1.75. The molecule has 98 valence electrons. The first-order valence-corrected chi connectivity index (χ1v) is 5.88. The lowest BCUT2D eigenvalue weighted by Gasteiger charge is -2.26. The fraction of sp³-hybridized carbons (Fsp3) is 0.545. The van der Waals surface area contributed by atoms with Gasteiger partial charge in [0.05, 0.1) is 19.5 Å². The van der Waals surface area contributed by atoms with Crippen LogP contribution in [0.25, 0.3) is 0 Å². The van der Waals surface area contributed by atoms with E-state index in [9.17, 15) is 9.59 Å². The average molecular weight is 252 g/mol. The van der Waals surface area contributed by atoms with Gasteiger partial charge in [0.1, 0.15) is 5.56 Å². The molecule has 0 aromatic carbocycles. The number of aromatic amines is 1. The Kier molecular flexibility index (Phi) is 4.43. The summed E-state index contributed by atoms with van der Waals surface area (Å²) < 4.78 is 5.23. The van der Waals surface area contributed by atoms with Gasteiger partial charge >= 0.3 is 0 Å². The molecule has 0 unspecified atom stereocenters. The molecule has 0 saturated carbocycles. The second kappa shape index (κ2) is 6.27. The number of carbonyl (C=O) groups is 1. The number of H-pyrrole nitrogens is 1. The minimum Gasteiger partial charge on any atom is -0.379 e. The normalized spacial score (nSPS) is 16.4. The molecule has 1 fully saturated rings. The summed E-state index contributed by atoms with van der Waals surface area (Å²) in [7, 11) is 0. The highest BCUT2D eigenvalue weighted by molar-refractivity contribution is 5.93. The van der Waals surface area contributed by atoms with Crippen LogP contribution in [-0.4, -0.2) is 60.2 Å². The molecule has 1 amide bonds. The van der Waals surface area contributed by atoms with Crippen molar-refractivity contribution in [1.82, 2.24) is 20.2 Å². The SMILES string of the molecule is O=C(NCCN1CCOCC1)c1cnc[nH]c1=O. The van der Waals surface area contributed by atoms with E-state index in [2.05, 4.69) is 20.2 Å². The highest BCUT2D eigenvalue weighted by atomic mass is 16.5. The molecule has 7 nitrogen and oxygen atoms in total. The lowest BCUT2D eigenvalue weighted by Crippen LogP contribution is -2.42. The Hall–Kier alpha value is -1.73. The highest BCUT2D eigenvalue weighted by Gasteiger charge is 2.12. The van der Waals surface area contributed by atoms with Crippen LogP contribution in [0.4, 0.5) is 0 Å². The first-order valence-electron chi connectivity index (χ1n) is 5.88. The van der Waals surface area contributed by atoms with Gasteiger partial charge in [0, 0.05) is 32.4 Å². The number of carbonyl (C=O) groups excluding carboxylic acids is 1. The summed E-state index contributed by atoms with van der Waals surface area (Å²) in [5.41, 5.74) is -0.381. The predicted molar refractivity (Wildman–Crippen MR) is 64.4 cm³/mol. The van der Waals surface area contributed by atoms with Crippen LogP contribution in [0.15, 0.2) is 17.3 Å². The van der Waals surface area contributed by atoms with Crippen molar-refractivity contribution in [3.63, 3.8) is 0 Å². The topological polar surface area (TPSA) is 87.3 Å². The molecule has 2 N–H and O–H groups in total. The molecule has 1 saturated heterocycles. The van der Waals surface area contributed by atoms with Gasteiger partial charge in [-0.3, -0.25) is 14.5 Å². The minimum absolute atomic E-state index is 0.0412. The van der Waals surface area contributed by atoms with E-state index in [1.54, 1.807) is 0 Å². The van der Waals surface area contributed by atoms with Gasteiger partial charge in [0.15, 0.2) is 0 Å². The van der Waals surface area contributed by atoms with Gasteiger partial charge < -0.3 is 15.0 Å². The summed E-state index contributed by atoms with van der Waals surface area (Å²) in [6, 6.07) is 0. The largest absolute Gasteiger partial charge is 0.379 e. The molecule has 1 aromatic heterocycles. The number of ether oxygens (including phenoxy) is 1. The van der Waals surface area contributed by atoms with Gasteiger partial charge in [-0.05, 0) is 0 Å². The third kappa shape index (κ3) is 3.38. The number of rotatable bonds is 4. The Morgan fingerprint density at radius 3 is 3.00 bits per heavy atom. The van der Waals surface area contributed by atoms with Crippen LogP contribution in [0.3, 0.4) is 0 Å². The maximum Gasteiger partial charge on any atom is 0.263 e. The summed E-state index contributed by atoms with van der Waals surface area (Å²) in [5, 5.41) is 2.71. The van der Waals surface area contributed by atoms with Crippen molar-refractivity contribution < 1.29 is 9.53 Å². The van der Waals surface area contributed by atoms with Crippen LogP contribution in [0.5, 0.6) is 0 Å². The summed E-state index contributed by atoms with van der Waals surface area (Å²) in [4.78, 5) is 31.3. The van der Waals surface area contributed by atoms with E-state index in [1.807, 2.05) is 0 Å². The number of aromatic nitrogens is 2. The summed E-state index contributed by atoms with van der Waals surface area (Å²) in [5.74, 6) is -0.391. The molecule has 0 atom stereocenters. The van der Waals surface area contributed by atoms with Gasteiger partial charge in [-0.1, -0.05) is 0 Å². The second-order valence-electron chi connectivity index (χ2n) is 4.00. The first kappa shape index (κ1) is 12.7. The number of amides is 1. The van der Waals surface area contributed by atoms with Crippen LogP contribution < -0.4 is 10.9 Å². The smallest absolute Gasteiger partial charge is 0.263 e. The number of hydrogen-bond donors (Lipinski definition) is 2. The van der Waals surface area contributed by atoms with Gasteiger partial charge in [0.25, 0.3) is 11.5 Å². The molecule has 1 aromatic rings. The molecule has 1 aliphatic rings. The Balaban J connectivity index is 1.78. The number of morpholine rings is 1. The van der Waals surface area contributed by atoms with Crippen LogP contribution in [0.2, 0.25) is 0 Å². The van der Waals surface area contributed by atoms with Crippen LogP contribution in [0.1, 0.15) is 10.4 Å². The third-order valence-corrected chi connectivity index (χ3v) is 2.78. The molecular weight excluding hydrogens is 236 g/mol. The summed E-state index contributed by atoms with van der Waals surface area (Å²) in [6.45, 7) is 4.49. The number of nitrogens with one attached hydrogen (secondary N) is 2. The zero-order chi connectivity index (χ0) is 12.8. The molecule has 0 spiro atoms. The van der Waals surface area contributed by atoms with Crippen LogP contribution in [-0.2, 0) is 4.74 Å². The van der Waals surface area contributed by atoms with Crippen molar-refractivity contribution in [3.8, 4) is 0 Å². The van der Waals surface area contributed by atoms with Gasteiger partial charge in [0.2, 0.25) is 0 Å². The lowest BCUT2D eigenvalue weighted by atomic mass is 10.3. The number of nitrogens with zero attached hydrogens (tertiary/aromatic N) is 2. The van der Waals surface area contributed by atoms with Crippen LogP contribution >= 0.6 is 0 Å². The quantitative estimate of drug-likeness (QED) is 0.705. The zero-order valence-corrected chi connectivity index (χ0v) is 10.0. The van der Waals surface area contributed by atoms with Crippen molar-refractivity contribution in [1.29, 1.82) is 0 Å². The fourth-order valence-electron chi connectivity index (χ4n) is 1.75. The molecule has 2 rings (SSSR count). The van der Waals surface area contributed by atoms with Crippen molar-refractivity contribution in [2.45, 2.75) is 0 Å². The monoisotopic (exact) mass is 252 g/mol. The maximum absolute atomic E-state index is 11.7. The highest BCUT2D eigenvalue weighted by Crippen LogP contribution is 1.95. The summed E-state index contributed by atoms with van der Waals surface area (Å²) >= 11 is 0. The third-order valence-electron chi connectivity index (χ3n) is 2.78. The van der Waals surface area contributed by atoms with Gasteiger partial charge in [-0.15, -0.1) is 0 Å². The Bertz CT molecular complexity index is 454. The van der Waals surface area contributed by atoms with E-state index >= 15 is 0 Å². The van der Waals surface area contributed by atoms with Crippen molar-refractivity contribution in [2.75, 3.05) is 39.4 Å². The Morgan fingerprint density at radius 2 is 2.28 bits per heavy atom. The van der Waals surface area contributed by atoms with E-state index < -0.39 is 11.5 Å². The maximum atomic E-state index is 11.7. The van der Waals surface area contributed by atoms with Gasteiger partial charge in [-0.25, -0.2) is 4.98 Å². The molecule has 7 heteroatoms. The van der Waals surface area contributed by atoms with Crippen LogP contribution in [0, 0.1) is 0 Å². The predicted octanol–water partition coefficient (Wildman–Crippen LogP) is -1.17.